The van der Waals surface area contributed by atoms with Crippen LogP contribution in [-0.4, -0.2) is 61.8 Å². The second kappa shape index (κ2) is 4.59. The number of rotatable bonds is 1. The Morgan fingerprint density at radius 3 is 2.74 bits per heavy atom. The lowest BCUT2D eigenvalue weighted by Crippen LogP contribution is -2.69. The number of amides is 1. The van der Waals surface area contributed by atoms with E-state index < -0.39 is 0 Å². The molecule has 3 rings (SSSR count). The van der Waals surface area contributed by atoms with E-state index in [0.29, 0.717) is 6.04 Å². The summed E-state index contributed by atoms with van der Waals surface area (Å²) in [6.45, 7) is 7.42. The highest BCUT2D eigenvalue weighted by Gasteiger charge is 2.50. The molecule has 0 saturated carbocycles. The first kappa shape index (κ1) is 12.6. The van der Waals surface area contributed by atoms with Gasteiger partial charge in [0, 0.05) is 19.1 Å². The molecule has 2 saturated heterocycles. The maximum atomic E-state index is 12.4. The number of hydrogen-bond acceptors (Lipinski definition) is 4. The van der Waals surface area contributed by atoms with E-state index in [1.54, 1.807) is 0 Å². The highest BCUT2D eigenvalue weighted by molar-refractivity contribution is 5.77. The van der Waals surface area contributed by atoms with Crippen molar-refractivity contribution < 1.29 is 4.79 Å². The van der Waals surface area contributed by atoms with Crippen molar-refractivity contribution in [2.45, 2.75) is 44.7 Å². The molecule has 1 atom stereocenters. The van der Waals surface area contributed by atoms with Gasteiger partial charge >= 0.3 is 6.03 Å². The van der Waals surface area contributed by atoms with E-state index in [2.05, 4.69) is 28.8 Å². The van der Waals surface area contributed by atoms with Crippen LogP contribution in [0.15, 0.2) is 12.7 Å². The molecule has 19 heavy (non-hydrogen) atoms. The molecule has 2 fully saturated rings. The lowest BCUT2D eigenvalue weighted by atomic mass is 9.77. The minimum Gasteiger partial charge on any atom is -0.316 e. The maximum Gasteiger partial charge on any atom is 0.346 e. The summed E-state index contributed by atoms with van der Waals surface area (Å²) in [5.74, 6) is 0. The monoisotopic (exact) mass is 263 g/mol. The first-order valence-corrected chi connectivity index (χ1v) is 7.03. The Balaban J connectivity index is 1.76. The normalized spacial score (nSPS) is 27.8. The molecule has 1 spiro atoms. The fourth-order valence-corrected chi connectivity index (χ4v) is 3.28. The van der Waals surface area contributed by atoms with Gasteiger partial charge < -0.3 is 4.90 Å². The van der Waals surface area contributed by atoms with Gasteiger partial charge in [0.15, 0.2) is 0 Å². The molecular weight excluding hydrogens is 242 g/mol. The summed E-state index contributed by atoms with van der Waals surface area (Å²) in [6, 6.07) is 0.510. The Hall–Kier alpha value is -1.43. The second-order valence-electron chi connectivity index (χ2n) is 5.92. The standard InChI is InChI=1S/C13H21N5O/c1-11(2)16-6-3-4-13(8-16)5-7-17(13)12(19)18-10-14-9-15-18/h9-11H,3-8H2,1-2H3. The molecule has 0 N–H and O–H groups in total. The zero-order valence-corrected chi connectivity index (χ0v) is 11.6. The van der Waals surface area contributed by atoms with E-state index in [1.807, 2.05) is 4.90 Å². The summed E-state index contributed by atoms with van der Waals surface area (Å²) in [4.78, 5) is 20.7. The van der Waals surface area contributed by atoms with E-state index in [0.717, 1.165) is 32.5 Å². The van der Waals surface area contributed by atoms with Gasteiger partial charge in [-0.05, 0) is 39.7 Å². The third kappa shape index (κ3) is 2.04. The molecule has 0 aromatic carbocycles. The summed E-state index contributed by atoms with van der Waals surface area (Å²) < 4.78 is 1.34. The quantitative estimate of drug-likeness (QED) is 0.764. The van der Waals surface area contributed by atoms with Crippen molar-refractivity contribution in [1.82, 2.24) is 24.6 Å². The summed E-state index contributed by atoms with van der Waals surface area (Å²) in [7, 11) is 0. The average molecular weight is 263 g/mol. The molecule has 1 aromatic rings. The Morgan fingerprint density at radius 2 is 2.16 bits per heavy atom. The maximum absolute atomic E-state index is 12.4. The first-order valence-electron chi connectivity index (χ1n) is 7.03. The lowest BCUT2D eigenvalue weighted by Gasteiger charge is -2.57. The summed E-state index contributed by atoms with van der Waals surface area (Å²) in [5, 5.41) is 3.95. The highest BCUT2D eigenvalue weighted by Crippen LogP contribution is 2.39. The number of likely N-dealkylation sites (tertiary alicyclic amines) is 2. The van der Waals surface area contributed by atoms with Gasteiger partial charge in [0.2, 0.25) is 0 Å². The summed E-state index contributed by atoms with van der Waals surface area (Å²) >= 11 is 0. The SMILES string of the molecule is CC(C)N1CCCC2(CCN2C(=O)n2cncn2)C1. The second-order valence-corrected chi connectivity index (χ2v) is 5.92. The van der Waals surface area contributed by atoms with Crippen LogP contribution in [0.2, 0.25) is 0 Å². The van der Waals surface area contributed by atoms with Gasteiger partial charge in [-0.2, -0.15) is 9.78 Å². The van der Waals surface area contributed by atoms with E-state index in [1.165, 1.54) is 23.8 Å². The first-order chi connectivity index (χ1) is 9.12. The predicted octanol–water partition coefficient (Wildman–Crippen LogP) is 1.19. The van der Waals surface area contributed by atoms with Crippen LogP contribution >= 0.6 is 0 Å². The molecule has 0 radical (unpaired) electrons. The number of carbonyl (C=O) groups is 1. The third-order valence-electron chi connectivity index (χ3n) is 4.53. The van der Waals surface area contributed by atoms with Crippen molar-refractivity contribution in [3.05, 3.63) is 12.7 Å². The molecule has 1 unspecified atom stereocenters. The molecule has 0 bridgehead atoms. The Bertz CT molecular complexity index is 458. The lowest BCUT2D eigenvalue weighted by molar-refractivity contribution is -0.0421. The topological polar surface area (TPSA) is 54.3 Å². The van der Waals surface area contributed by atoms with Crippen molar-refractivity contribution in [2.75, 3.05) is 19.6 Å². The van der Waals surface area contributed by atoms with Gasteiger partial charge in [-0.3, -0.25) is 4.90 Å². The van der Waals surface area contributed by atoms with Crippen LogP contribution < -0.4 is 0 Å². The van der Waals surface area contributed by atoms with Crippen molar-refractivity contribution >= 4 is 6.03 Å². The van der Waals surface area contributed by atoms with Gasteiger partial charge in [0.05, 0.1) is 5.54 Å². The summed E-state index contributed by atoms with van der Waals surface area (Å²) in [5.41, 5.74) is 0.0333. The molecule has 2 aliphatic rings. The highest BCUT2D eigenvalue weighted by atomic mass is 16.2. The number of nitrogens with zero attached hydrogens (tertiary/aromatic N) is 5. The van der Waals surface area contributed by atoms with Crippen LogP contribution in [0, 0.1) is 0 Å². The minimum absolute atomic E-state index is 0.0330. The molecule has 104 valence electrons. The molecule has 1 aromatic heterocycles. The van der Waals surface area contributed by atoms with Crippen LogP contribution in [-0.2, 0) is 0 Å². The van der Waals surface area contributed by atoms with E-state index in [-0.39, 0.29) is 11.6 Å². The van der Waals surface area contributed by atoms with Crippen LogP contribution in [0.1, 0.15) is 33.1 Å². The minimum atomic E-state index is -0.0330. The largest absolute Gasteiger partial charge is 0.346 e. The van der Waals surface area contributed by atoms with Gasteiger partial charge in [-0.1, -0.05) is 0 Å². The predicted molar refractivity (Wildman–Crippen MR) is 70.8 cm³/mol. The van der Waals surface area contributed by atoms with Gasteiger partial charge in [-0.15, -0.1) is 0 Å². The number of piperidine rings is 1. The summed E-state index contributed by atoms with van der Waals surface area (Å²) in [6.07, 6.45) is 6.27. The molecule has 6 heteroatoms. The number of carbonyl (C=O) groups excluding carboxylic acids is 1. The number of aromatic nitrogens is 3. The fraction of sp³-hybridized carbons (Fsp3) is 0.769. The van der Waals surface area contributed by atoms with Crippen molar-refractivity contribution in [1.29, 1.82) is 0 Å². The average Bonchev–Trinajstić information content (AvgIpc) is 2.91. The number of hydrogen-bond donors (Lipinski definition) is 0. The smallest absolute Gasteiger partial charge is 0.316 e. The molecule has 3 heterocycles. The van der Waals surface area contributed by atoms with Crippen LogP contribution in [0.25, 0.3) is 0 Å². The Kier molecular flexibility index (Phi) is 3.05. The zero-order chi connectivity index (χ0) is 13.5. The van der Waals surface area contributed by atoms with Crippen molar-refractivity contribution in [3.8, 4) is 0 Å². The van der Waals surface area contributed by atoms with Gasteiger partial charge in [-0.25, -0.2) is 9.78 Å². The molecule has 6 nitrogen and oxygen atoms in total. The Morgan fingerprint density at radius 1 is 1.32 bits per heavy atom. The van der Waals surface area contributed by atoms with Crippen LogP contribution in [0.4, 0.5) is 4.79 Å². The van der Waals surface area contributed by atoms with E-state index >= 15 is 0 Å². The fourth-order valence-electron chi connectivity index (χ4n) is 3.28. The zero-order valence-electron chi connectivity index (χ0n) is 11.6. The Labute approximate surface area is 113 Å². The van der Waals surface area contributed by atoms with Crippen molar-refractivity contribution in [2.24, 2.45) is 0 Å². The van der Waals surface area contributed by atoms with E-state index in [4.69, 9.17) is 0 Å². The van der Waals surface area contributed by atoms with Gasteiger partial charge in [0.1, 0.15) is 12.7 Å². The van der Waals surface area contributed by atoms with Crippen LogP contribution in [0.5, 0.6) is 0 Å². The van der Waals surface area contributed by atoms with Crippen molar-refractivity contribution in [3.63, 3.8) is 0 Å². The molecular formula is C13H21N5O. The molecule has 1 amide bonds. The van der Waals surface area contributed by atoms with E-state index in [9.17, 15) is 4.79 Å². The molecule has 0 aliphatic carbocycles. The van der Waals surface area contributed by atoms with Crippen LogP contribution in [0.3, 0.4) is 0 Å². The molecule has 2 aliphatic heterocycles. The third-order valence-corrected chi connectivity index (χ3v) is 4.53. The van der Waals surface area contributed by atoms with Gasteiger partial charge in [0.25, 0.3) is 0 Å².